The summed E-state index contributed by atoms with van der Waals surface area (Å²) in [6, 6.07) is 3.89. The van der Waals surface area contributed by atoms with E-state index in [1.54, 1.807) is 6.08 Å². The zero-order valence-electron chi connectivity index (χ0n) is 16.2. The molecule has 0 aliphatic heterocycles. The minimum absolute atomic E-state index is 0.199. The van der Waals surface area contributed by atoms with Crippen LogP contribution < -0.4 is 9.47 Å². The molecule has 0 radical (unpaired) electrons. The van der Waals surface area contributed by atoms with Crippen molar-refractivity contribution in [1.82, 2.24) is 0 Å². The van der Waals surface area contributed by atoms with E-state index in [4.69, 9.17) is 37.5 Å². The van der Waals surface area contributed by atoms with Crippen molar-refractivity contribution in [2.24, 2.45) is 5.16 Å². The normalized spacial score (nSPS) is 10.3. The van der Waals surface area contributed by atoms with E-state index >= 15 is 0 Å². The van der Waals surface area contributed by atoms with E-state index in [1.165, 1.54) is 0 Å². The second-order valence-electron chi connectivity index (χ2n) is 6.19. The van der Waals surface area contributed by atoms with Crippen LogP contribution in [0, 0.1) is 0 Å². The van der Waals surface area contributed by atoms with Gasteiger partial charge in [0.2, 0.25) is 0 Å². The van der Waals surface area contributed by atoms with Crippen molar-refractivity contribution < 1.29 is 14.3 Å². The first kappa shape index (κ1) is 24.1. The lowest BCUT2D eigenvalue weighted by Gasteiger charge is -2.15. The van der Waals surface area contributed by atoms with Gasteiger partial charge in [-0.15, -0.1) is 0 Å². The molecule has 0 fully saturated rings. The third-order valence-electron chi connectivity index (χ3n) is 3.59. The largest absolute Gasteiger partial charge is 0.492 e. The van der Waals surface area contributed by atoms with E-state index < -0.39 is 0 Å². The fourth-order valence-electron chi connectivity index (χ4n) is 2.30. The number of nitrogens with zero attached hydrogens (tertiary/aromatic N) is 1. The van der Waals surface area contributed by atoms with Crippen molar-refractivity contribution in [3.05, 3.63) is 32.7 Å². The number of aryl methyl sites for hydroxylation is 1. The van der Waals surface area contributed by atoms with E-state index in [0.717, 1.165) is 59.4 Å². The van der Waals surface area contributed by atoms with E-state index in [1.807, 2.05) is 26.0 Å². The molecule has 27 heavy (non-hydrogen) atoms. The summed E-state index contributed by atoms with van der Waals surface area (Å²) in [5, 5.41) is 3.92. The molecule has 0 aliphatic rings. The van der Waals surface area contributed by atoms with Gasteiger partial charge in [-0.25, -0.2) is 0 Å². The summed E-state index contributed by atoms with van der Waals surface area (Å²) in [6.45, 7) is 7.61. The SMILES string of the molecule is CCc1cc(OCC=C(Cl)Cl)cc(Br)c1OCCCCCCON=C(C)C. The van der Waals surface area contributed by atoms with Crippen molar-refractivity contribution >= 4 is 44.8 Å². The Labute approximate surface area is 181 Å². The predicted octanol–water partition coefficient (Wildman–Crippen LogP) is 7.06. The molecule has 1 aromatic carbocycles. The van der Waals surface area contributed by atoms with Crippen molar-refractivity contribution in [2.45, 2.75) is 52.9 Å². The van der Waals surface area contributed by atoms with E-state index in [-0.39, 0.29) is 4.49 Å². The number of oxime groups is 1. The molecule has 0 saturated carbocycles. The van der Waals surface area contributed by atoms with Crippen LogP contribution in [0.1, 0.15) is 52.0 Å². The molecule has 4 nitrogen and oxygen atoms in total. The number of benzene rings is 1. The molecule has 152 valence electrons. The van der Waals surface area contributed by atoms with E-state index in [9.17, 15) is 0 Å². The molecular formula is C20H28BrCl2NO3. The van der Waals surface area contributed by atoms with E-state index in [0.29, 0.717) is 19.8 Å². The number of hydrogen-bond donors (Lipinski definition) is 0. The number of halogens is 3. The first-order chi connectivity index (χ1) is 12.9. The van der Waals surface area contributed by atoms with Crippen LogP contribution in [0.25, 0.3) is 0 Å². The highest BCUT2D eigenvalue weighted by Gasteiger charge is 2.10. The van der Waals surface area contributed by atoms with Gasteiger partial charge in [-0.05, 0) is 85.7 Å². The summed E-state index contributed by atoms with van der Waals surface area (Å²) < 4.78 is 12.7. The average molecular weight is 481 g/mol. The van der Waals surface area contributed by atoms with Crippen LogP contribution in [0.5, 0.6) is 11.5 Å². The summed E-state index contributed by atoms with van der Waals surface area (Å²) >= 11 is 14.8. The summed E-state index contributed by atoms with van der Waals surface area (Å²) in [4.78, 5) is 5.19. The molecule has 0 amide bonds. The van der Waals surface area contributed by atoms with Gasteiger partial charge in [-0.2, -0.15) is 0 Å². The Morgan fingerprint density at radius 2 is 1.78 bits per heavy atom. The summed E-state index contributed by atoms with van der Waals surface area (Å²) in [5.74, 6) is 1.63. The summed E-state index contributed by atoms with van der Waals surface area (Å²) in [6.07, 6.45) is 6.67. The Morgan fingerprint density at radius 3 is 2.41 bits per heavy atom. The Hall–Kier alpha value is -0.910. The minimum atomic E-state index is 0.199. The van der Waals surface area contributed by atoms with E-state index in [2.05, 4.69) is 28.0 Å². The number of rotatable bonds is 13. The predicted molar refractivity (Wildman–Crippen MR) is 118 cm³/mol. The Bertz CT molecular complexity index is 628. The topological polar surface area (TPSA) is 40.0 Å². The molecule has 7 heteroatoms. The third-order valence-corrected chi connectivity index (χ3v) is 4.48. The molecule has 1 aromatic rings. The van der Waals surface area contributed by atoms with Crippen LogP contribution in [0.15, 0.2) is 32.3 Å². The maximum Gasteiger partial charge on any atom is 0.136 e. The van der Waals surface area contributed by atoms with Gasteiger partial charge >= 0.3 is 0 Å². The molecule has 0 aromatic heterocycles. The van der Waals surface area contributed by atoms with Crippen LogP contribution >= 0.6 is 39.1 Å². The van der Waals surface area contributed by atoms with Gasteiger partial charge in [-0.3, -0.25) is 0 Å². The lowest BCUT2D eigenvalue weighted by molar-refractivity contribution is 0.139. The molecule has 0 bridgehead atoms. The van der Waals surface area contributed by atoms with Gasteiger partial charge in [0.1, 0.15) is 29.2 Å². The van der Waals surface area contributed by atoms with Crippen LogP contribution in [0.3, 0.4) is 0 Å². The van der Waals surface area contributed by atoms with Gasteiger partial charge in [0, 0.05) is 0 Å². The first-order valence-corrected chi connectivity index (χ1v) is 10.7. The first-order valence-electron chi connectivity index (χ1n) is 9.16. The van der Waals surface area contributed by atoms with Gasteiger partial charge < -0.3 is 14.3 Å². The molecule has 0 aliphatic carbocycles. The summed E-state index contributed by atoms with van der Waals surface area (Å²) in [5.41, 5.74) is 2.04. The fourth-order valence-corrected chi connectivity index (χ4v) is 3.02. The lowest BCUT2D eigenvalue weighted by Crippen LogP contribution is -2.02. The third kappa shape index (κ3) is 10.9. The Morgan fingerprint density at radius 1 is 1.07 bits per heavy atom. The standard InChI is InChI=1S/C20H28BrCl2NO3/c1-4-16-13-17(25-12-9-19(22)23)14-18(21)20(16)26-10-7-5-6-8-11-27-24-15(2)3/h9,13-14H,4-8,10-12H2,1-3H3. The molecular weight excluding hydrogens is 453 g/mol. The number of unbranched alkanes of at least 4 members (excludes halogenated alkanes) is 3. The minimum Gasteiger partial charge on any atom is -0.492 e. The smallest absolute Gasteiger partial charge is 0.136 e. The highest BCUT2D eigenvalue weighted by Crippen LogP contribution is 2.34. The monoisotopic (exact) mass is 479 g/mol. The maximum absolute atomic E-state index is 6.01. The molecule has 1 rings (SSSR count). The summed E-state index contributed by atoms with van der Waals surface area (Å²) in [7, 11) is 0. The second kappa shape index (κ2) is 14.1. The Kier molecular flexibility index (Phi) is 12.6. The second-order valence-corrected chi connectivity index (χ2v) is 8.05. The highest BCUT2D eigenvalue weighted by molar-refractivity contribution is 9.10. The molecule has 0 N–H and O–H groups in total. The highest BCUT2D eigenvalue weighted by atomic mass is 79.9. The number of ether oxygens (including phenoxy) is 2. The van der Waals surface area contributed by atoms with Gasteiger partial charge in [0.25, 0.3) is 0 Å². The van der Waals surface area contributed by atoms with Crippen molar-refractivity contribution in [2.75, 3.05) is 19.8 Å². The molecule has 0 heterocycles. The Balaban J connectivity index is 2.39. The van der Waals surface area contributed by atoms with Gasteiger partial charge in [0.05, 0.1) is 16.8 Å². The molecule has 0 saturated heterocycles. The van der Waals surface area contributed by atoms with Crippen LogP contribution in [-0.4, -0.2) is 25.5 Å². The van der Waals surface area contributed by atoms with Crippen LogP contribution in [0.4, 0.5) is 0 Å². The molecule has 0 unspecified atom stereocenters. The maximum atomic E-state index is 6.01. The van der Waals surface area contributed by atoms with Crippen molar-refractivity contribution in [1.29, 1.82) is 0 Å². The molecule has 0 atom stereocenters. The zero-order valence-corrected chi connectivity index (χ0v) is 19.3. The van der Waals surface area contributed by atoms with Crippen molar-refractivity contribution in [3.8, 4) is 11.5 Å². The fraction of sp³-hybridized carbons (Fsp3) is 0.550. The zero-order chi connectivity index (χ0) is 20.1. The van der Waals surface area contributed by atoms with Crippen LogP contribution in [-0.2, 0) is 11.3 Å². The quantitative estimate of drug-likeness (QED) is 0.172. The number of hydrogen-bond acceptors (Lipinski definition) is 4. The van der Waals surface area contributed by atoms with Crippen molar-refractivity contribution in [3.63, 3.8) is 0 Å². The average Bonchev–Trinajstić information content (AvgIpc) is 2.60. The van der Waals surface area contributed by atoms with Gasteiger partial charge in [0.15, 0.2) is 0 Å². The van der Waals surface area contributed by atoms with Gasteiger partial charge in [-0.1, -0.05) is 35.3 Å². The van der Waals surface area contributed by atoms with Crippen LogP contribution in [0.2, 0.25) is 0 Å². The molecule has 0 spiro atoms. The lowest BCUT2D eigenvalue weighted by atomic mass is 10.1.